The monoisotopic (exact) mass is 236 g/mol. The van der Waals surface area contributed by atoms with E-state index in [1.807, 2.05) is 0 Å². The summed E-state index contributed by atoms with van der Waals surface area (Å²) in [6.07, 6.45) is 6.01. The number of hydrogen-bond acceptors (Lipinski definition) is 5. The highest BCUT2D eigenvalue weighted by atomic mass is 16.2. The van der Waals surface area contributed by atoms with Gasteiger partial charge in [-0.1, -0.05) is 0 Å². The molecule has 7 heteroatoms. The number of carbonyl (C=O) groups excluding carboxylic acids is 1. The third-order valence-corrected chi connectivity index (χ3v) is 3.54. The Hall–Kier alpha value is -1.50. The van der Waals surface area contributed by atoms with E-state index < -0.39 is 0 Å². The lowest BCUT2D eigenvalue weighted by Crippen LogP contribution is -2.48. The van der Waals surface area contributed by atoms with Crippen molar-refractivity contribution in [1.82, 2.24) is 30.8 Å². The van der Waals surface area contributed by atoms with E-state index in [1.54, 1.807) is 0 Å². The number of aromatic nitrogens is 4. The minimum Gasteiger partial charge on any atom is -0.352 e. The van der Waals surface area contributed by atoms with Gasteiger partial charge in [0.05, 0.1) is 0 Å². The zero-order chi connectivity index (χ0) is 11.7. The average molecular weight is 236 g/mol. The van der Waals surface area contributed by atoms with Crippen LogP contribution < -0.4 is 10.6 Å². The van der Waals surface area contributed by atoms with Crippen LogP contribution in [0.4, 0.5) is 0 Å². The Morgan fingerprint density at radius 2 is 2.18 bits per heavy atom. The molecule has 2 bridgehead atoms. The highest BCUT2D eigenvalue weighted by molar-refractivity contribution is 5.75. The minimum absolute atomic E-state index is 0.0106. The maximum absolute atomic E-state index is 11.8. The van der Waals surface area contributed by atoms with Crippen LogP contribution in [-0.2, 0) is 11.3 Å². The largest absolute Gasteiger partial charge is 0.352 e. The third-order valence-electron chi connectivity index (χ3n) is 3.54. The number of hydrogen-bond donors (Lipinski definition) is 2. The molecule has 2 aliphatic heterocycles. The summed E-state index contributed by atoms with van der Waals surface area (Å²) in [6.45, 7) is 0.201. The van der Waals surface area contributed by atoms with Crippen molar-refractivity contribution in [2.45, 2.75) is 50.4 Å². The predicted octanol–water partition coefficient (Wildman–Crippen LogP) is -0.928. The maximum Gasteiger partial charge on any atom is 0.242 e. The maximum atomic E-state index is 11.8. The minimum atomic E-state index is -0.0106. The second-order valence-corrected chi connectivity index (χ2v) is 4.88. The summed E-state index contributed by atoms with van der Waals surface area (Å²) >= 11 is 0. The molecule has 0 aliphatic carbocycles. The molecule has 2 unspecified atom stereocenters. The first kappa shape index (κ1) is 10.6. The molecule has 0 spiro atoms. The Morgan fingerprint density at radius 3 is 2.82 bits per heavy atom. The number of nitrogens with zero attached hydrogens (tertiary/aromatic N) is 4. The van der Waals surface area contributed by atoms with Crippen molar-refractivity contribution in [3.05, 3.63) is 6.33 Å². The smallest absolute Gasteiger partial charge is 0.242 e. The van der Waals surface area contributed by atoms with Crippen molar-refractivity contribution >= 4 is 5.91 Å². The number of piperidine rings is 1. The first-order valence-corrected chi connectivity index (χ1v) is 6.06. The van der Waals surface area contributed by atoms with Gasteiger partial charge in [-0.25, -0.2) is 4.68 Å². The fourth-order valence-electron chi connectivity index (χ4n) is 2.85. The number of fused-ring (bicyclic) bond motifs is 2. The molecule has 0 saturated carbocycles. The van der Waals surface area contributed by atoms with Gasteiger partial charge >= 0.3 is 0 Å². The van der Waals surface area contributed by atoms with Gasteiger partial charge in [0.25, 0.3) is 0 Å². The Bertz CT molecular complexity index is 380. The third kappa shape index (κ3) is 2.44. The second-order valence-electron chi connectivity index (χ2n) is 4.88. The van der Waals surface area contributed by atoms with Crippen LogP contribution in [0.1, 0.15) is 25.7 Å². The topological polar surface area (TPSA) is 84.7 Å². The van der Waals surface area contributed by atoms with Gasteiger partial charge in [-0.3, -0.25) is 4.79 Å². The van der Waals surface area contributed by atoms with E-state index in [1.165, 1.54) is 23.9 Å². The van der Waals surface area contributed by atoms with E-state index in [9.17, 15) is 4.79 Å². The number of nitrogens with one attached hydrogen (secondary N) is 2. The molecule has 2 N–H and O–H groups in total. The normalized spacial score (nSPS) is 31.4. The van der Waals surface area contributed by atoms with Crippen molar-refractivity contribution in [3.63, 3.8) is 0 Å². The zero-order valence-electron chi connectivity index (χ0n) is 9.54. The zero-order valence-corrected chi connectivity index (χ0v) is 9.54. The van der Waals surface area contributed by atoms with Crippen LogP contribution in [0, 0.1) is 0 Å². The fourth-order valence-corrected chi connectivity index (χ4v) is 2.85. The summed E-state index contributed by atoms with van der Waals surface area (Å²) in [7, 11) is 0. The SMILES string of the molecule is O=C(Cn1cnnn1)NC1CC2CCC(C1)N2. The Kier molecular flexibility index (Phi) is 2.76. The molecule has 0 radical (unpaired) electrons. The van der Waals surface area contributed by atoms with Crippen LogP contribution in [0.5, 0.6) is 0 Å². The predicted molar refractivity (Wildman–Crippen MR) is 58.9 cm³/mol. The molecule has 2 saturated heterocycles. The summed E-state index contributed by atoms with van der Waals surface area (Å²) in [5, 5.41) is 17.3. The van der Waals surface area contributed by atoms with Crippen LogP contribution in [0.3, 0.4) is 0 Å². The summed E-state index contributed by atoms with van der Waals surface area (Å²) in [4.78, 5) is 11.8. The van der Waals surface area contributed by atoms with Crippen molar-refractivity contribution in [2.24, 2.45) is 0 Å². The van der Waals surface area contributed by atoms with Crippen molar-refractivity contribution in [1.29, 1.82) is 0 Å². The van der Waals surface area contributed by atoms with Gasteiger partial charge < -0.3 is 10.6 Å². The molecule has 3 rings (SSSR count). The van der Waals surface area contributed by atoms with Gasteiger partial charge in [-0.2, -0.15) is 0 Å². The summed E-state index contributed by atoms with van der Waals surface area (Å²) < 4.78 is 1.44. The molecule has 1 amide bonds. The van der Waals surface area contributed by atoms with E-state index in [0.29, 0.717) is 18.1 Å². The number of amides is 1. The fraction of sp³-hybridized carbons (Fsp3) is 0.800. The van der Waals surface area contributed by atoms with Crippen molar-refractivity contribution < 1.29 is 4.79 Å². The molecule has 3 heterocycles. The van der Waals surface area contributed by atoms with Crippen LogP contribution in [0.2, 0.25) is 0 Å². The molecule has 17 heavy (non-hydrogen) atoms. The molecule has 1 aromatic rings. The van der Waals surface area contributed by atoms with Crippen LogP contribution >= 0.6 is 0 Å². The van der Waals surface area contributed by atoms with Gasteiger partial charge in [-0.05, 0) is 36.1 Å². The molecular weight excluding hydrogens is 220 g/mol. The van der Waals surface area contributed by atoms with E-state index in [4.69, 9.17) is 0 Å². The molecule has 2 aliphatic rings. The standard InChI is InChI=1S/C10H16N6O/c17-10(5-16-6-11-14-15-16)13-9-3-7-1-2-8(4-9)12-7/h6-9,12H,1-5H2,(H,13,17). The molecule has 0 aromatic carbocycles. The lowest BCUT2D eigenvalue weighted by Gasteiger charge is -2.29. The van der Waals surface area contributed by atoms with E-state index >= 15 is 0 Å². The number of tetrazole rings is 1. The van der Waals surface area contributed by atoms with Crippen LogP contribution in [0.15, 0.2) is 6.33 Å². The van der Waals surface area contributed by atoms with E-state index in [0.717, 1.165) is 12.8 Å². The molecule has 2 atom stereocenters. The van der Waals surface area contributed by atoms with E-state index in [-0.39, 0.29) is 12.5 Å². The Labute approximate surface area is 98.9 Å². The van der Waals surface area contributed by atoms with Gasteiger partial charge in [0.15, 0.2) is 0 Å². The van der Waals surface area contributed by atoms with Gasteiger partial charge in [0, 0.05) is 18.1 Å². The summed E-state index contributed by atoms with van der Waals surface area (Å²) in [6, 6.07) is 1.48. The number of carbonyl (C=O) groups is 1. The quantitative estimate of drug-likeness (QED) is 0.708. The van der Waals surface area contributed by atoms with E-state index in [2.05, 4.69) is 26.2 Å². The summed E-state index contributed by atoms with van der Waals surface area (Å²) in [5.41, 5.74) is 0. The number of rotatable bonds is 3. The van der Waals surface area contributed by atoms with Gasteiger partial charge in [-0.15, -0.1) is 5.10 Å². The first-order valence-electron chi connectivity index (χ1n) is 6.06. The van der Waals surface area contributed by atoms with Crippen molar-refractivity contribution in [2.75, 3.05) is 0 Å². The van der Waals surface area contributed by atoms with Gasteiger partial charge in [0.1, 0.15) is 12.9 Å². The molecule has 92 valence electrons. The highest BCUT2D eigenvalue weighted by Gasteiger charge is 2.33. The lowest BCUT2D eigenvalue weighted by atomic mass is 10.00. The highest BCUT2D eigenvalue weighted by Crippen LogP contribution is 2.26. The summed E-state index contributed by atoms with van der Waals surface area (Å²) in [5.74, 6) is -0.0106. The average Bonchev–Trinajstić information content (AvgIpc) is 2.89. The van der Waals surface area contributed by atoms with Crippen LogP contribution in [0.25, 0.3) is 0 Å². The Morgan fingerprint density at radius 1 is 1.41 bits per heavy atom. The first-order chi connectivity index (χ1) is 8.29. The molecular formula is C10H16N6O. The van der Waals surface area contributed by atoms with Crippen LogP contribution in [-0.4, -0.2) is 44.2 Å². The van der Waals surface area contributed by atoms with Crippen molar-refractivity contribution in [3.8, 4) is 0 Å². The molecule has 7 nitrogen and oxygen atoms in total. The Balaban J connectivity index is 1.51. The van der Waals surface area contributed by atoms with Gasteiger partial charge in [0.2, 0.25) is 5.91 Å². The molecule has 2 fully saturated rings. The molecule has 1 aromatic heterocycles. The second kappa shape index (κ2) is 4.40. The lowest BCUT2D eigenvalue weighted by molar-refractivity contribution is -0.122.